The molecule has 2 aromatic rings. The Morgan fingerprint density at radius 2 is 2.22 bits per heavy atom. The molecule has 96 valence electrons. The molecule has 0 aliphatic carbocycles. The van der Waals surface area contributed by atoms with Crippen LogP contribution < -0.4 is 5.32 Å². The molecular formula is C14H15ClFNO. The van der Waals surface area contributed by atoms with E-state index in [1.807, 2.05) is 0 Å². The van der Waals surface area contributed by atoms with Crippen molar-refractivity contribution in [2.45, 2.75) is 19.4 Å². The fourth-order valence-corrected chi connectivity index (χ4v) is 2.39. The third-order valence-corrected chi connectivity index (χ3v) is 3.17. The second-order valence-electron chi connectivity index (χ2n) is 4.48. The Balaban J connectivity index is 0.00000120. The molecule has 18 heavy (non-hydrogen) atoms. The van der Waals surface area contributed by atoms with Crippen molar-refractivity contribution in [3.8, 4) is 0 Å². The quantitative estimate of drug-likeness (QED) is 0.851. The van der Waals surface area contributed by atoms with Crippen LogP contribution in [0.4, 0.5) is 4.39 Å². The van der Waals surface area contributed by atoms with Crippen molar-refractivity contribution in [3.63, 3.8) is 0 Å². The van der Waals surface area contributed by atoms with Gasteiger partial charge in [0.2, 0.25) is 0 Å². The molecule has 1 aromatic heterocycles. The van der Waals surface area contributed by atoms with Gasteiger partial charge in [-0.15, -0.1) is 12.4 Å². The summed E-state index contributed by atoms with van der Waals surface area (Å²) in [5.74, 6) is -0.207. The van der Waals surface area contributed by atoms with E-state index in [2.05, 4.69) is 18.3 Å². The van der Waals surface area contributed by atoms with Gasteiger partial charge in [-0.2, -0.15) is 0 Å². The van der Waals surface area contributed by atoms with Crippen LogP contribution in [0.5, 0.6) is 0 Å². The number of halogens is 2. The Hall–Kier alpha value is -1.32. The van der Waals surface area contributed by atoms with Gasteiger partial charge in [0, 0.05) is 17.0 Å². The van der Waals surface area contributed by atoms with Gasteiger partial charge in [-0.3, -0.25) is 0 Å². The second-order valence-corrected chi connectivity index (χ2v) is 4.48. The van der Waals surface area contributed by atoms with Gasteiger partial charge >= 0.3 is 0 Å². The number of hydrogen-bond acceptors (Lipinski definition) is 2. The zero-order valence-electron chi connectivity index (χ0n) is 10.1. The molecule has 2 nitrogen and oxygen atoms in total. The number of benzene rings is 1. The maximum atomic E-state index is 13.5. The molecule has 0 saturated carbocycles. The molecule has 0 spiro atoms. The summed E-state index contributed by atoms with van der Waals surface area (Å²) < 4.78 is 19.0. The first-order valence-electron chi connectivity index (χ1n) is 5.85. The van der Waals surface area contributed by atoms with E-state index in [1.165, 1.54) is 6.07 Å². The monoisotopic (exact) mass is 267 g/mol. The summed E-state index contributed by atoms with van der Waals surface area (Å²) in [4.78, 5) is 0. The standard InChI is InChI=1S/C14H14FNO.ClH/c1-9-6-10(2-4-16-9)13-8-12(15)7-11-3-5-17-14(11)13;/h3,5-9,16H,2,4H2,1H3;1H. The summed E-state index contributed by atoms with van der Waals surface area (Å²) in [6.07, 6.45) is 4.66. The Morgan fingerprint density at radius 3 is 3.00 bits per heavy atom. The Labute approximate surface area is 111 Å². The molecule has 4 heteroatoms. The fourth-order valence-electron chi connectivity index (χ4n) is 2.39. The van der Waals surface area contributed by atoms with Crippen LogP contribution in [0.2, 0.25) is 0 Å². The first-order chi connectivity index (χ1) is 8.24. The van der Waals surface area contributed by atoms with Gasteiger partial charge in [0.15, 0.2) is 0 Å². The van der Waals surface area contributed by atoms with Crippen LogP contribution in [-0.4, -0.2) is 12.6 Å². The van der Waals surface area contributed by atoms with E-state index in [9.17, 15) is 4.39 Å². The van der Waals surface area contributed by atoms with Gasteiger partial charge in [0.1, 0.15) is 11.4 Å². The maximum Gasteiger partial charge on any atom is 0.141 e. The predicted octanol–water partition coefficient (Wildman–Crippen LogP) is 3.76. The first-order valence-corrected chi connectivity index (χ1v) is 5.85. The lowest BCUT2D eigenvalue weighted by Crippen LogP contribution is -2.29. The molecule has 0 fully saturated rings. The molecule has 1 aromatic carbocycles. The van der Waals surface area contributed by atoms with E-state index in [-0.39, 0.29) is 18.2 Å². The van der Waals surface area contributed by atoms with Crippen molar-refractivity contribution in [2.24, 2.45) is 0 Å². The Kier molecular flexibility index (Phi) is 3.73. The van der Waals surface area contributed by atoms with Gasteiger partial charge in [-0.25, -0.2) is 4.39 Å². The summed E-state index contributed by atoms with van der Waals surface area (Å²) in [7, 11) is 0. The Morgan fingerprint density at radius 1 is 1.39 bits per heavy atom. The normalized spacial score (nSPS) is 19.4. The number of furan rings is 1. The van der Waals surface area contributed by atoms with Gasteiger partial charge in [0.05, 0.1) is 6.26 Å². The van der Waals surface area contributed by atoms with E-state index in [4.69, 9.17) is 4.42 Å². The van der Waals surface area contributed by atoms with Crippen molar-refractivity contribution < 1.29 is 8.81 Å². The highest BCUT2D eigenvalue weighted by Gasteiger charge is 2.15. The average Bonchev–Trinajstić information content (AvgIpc) is 2.75. The van der Waals surface area contributed by atoms with E-state index < -0.39 is 0 Å². The molecule has 1 N–H and O–H groups in total. The number of rotatable bonds is 1. The molecule has 3 rings (SSSR count). The summed E-state index contributed by atoms with van der Waals surface area (Å²) in [5, 5.41) is 4.16. The summed E-state index contributed by atoms with van der Waals surface area (Å²) in [6, 6.07) is 5.20. The highest BCUT2D eigenvalue weighted by molar-refractivity contribution is 5.90. The highest BCUT2D eigenvalue weighted by Crippen LogP contribution is 2.30. The van der Waals surface area contributed by atoms with Gasteiger partial charge in [-0.05, 0) is 43.7 Å². The fraction of sp³-hybridized carbons (Fsp3) is 0.286. The van der Waals surface area contributed by atoms with E-state index in [1.54, 1.807) is 18.4 Å². The summed E-state index contributed by atoms with van der Waals surface area (Å²) in [5.41, 5.74) is 2.83. The van der Waals surface area contributed by atoms with Crippen LogP contribution >= 0.6 is 12.4 Å². The molecular weight excluding hydrogens is 253 g/mol. The lowest BCUT2D eigenvalue weighted by Gasteiger charge is -2.19. The van der Waals surface area contributed by atoms with E-state index in [0.29, 0.717) is 6.04 Å². The molecule has 0 radical (unpaired) electrons. The van der Waals surface area contributed by atoms with Crippen molar-refractivity contribution in [1.82, 2.24) is 5.32 Å². The number of nitrogens with one attached hydrogen (secondary N) is 1. The van der Waals surface area contributed by atoms with Crippen LogP contribution in [0.3, 0.4) is 0 Å². The zero-order valence-corrected chi connectivity index (χ0v) is 10.9. The summed E-state index contributed by atoms with van der Waals surface area (Å²) in [6.45, 7) is 3.02. The summed E-state index contributed by atoms with van der Waals surface area (Å²) >= 11 is 0. The van der Waals surface area contributed by atoms with Crippen LogP contribution in [0, 0.1) is 5.82 Å². The minimum atomic E-state index is -0.207. The van der Waals surface area contributed by atoms with Crippen LogP contribution in [0.1, 0.15) is 18.9 Å². The highest BCUT2D eigenvalue weighted by atomic mass is 35.5. The average molecular weight is 268 g/mol. The largest absolute Gasteiger partial charge is 0.464 e. The van der Waals surface area contributed by atoms with Crippen LogP contribution in [0.15, 0.2) is 35.0 Å². The third-order valence-electron chi connectivity index (χ3n) is 3.17. The minimum absolute atomic E-state index is 0. The molecule has 0 amide bonds. The minimum Gasteiger partial charge on any atom is -0.464 e. The number of fused-ring (bicyclic) bond motifs is 1. The molecule has 2 heterocycles. The molecule has 1 aliphatic rings. The van der Waals surface area contributed by atoms with Crippen molar-refractivity contribution in [2.75, 3.05) is 6.54 Å². The topological polar surface area (TPSA) is 25.2 Å². The van der Waals surface area contributed by atoms with E-state index in [0.717, 1.165) is 35.1 Å². The Bertz CT molecular complexity index is 590. The maximum absolute atomic E-state index is 13.5. The molecule has 1 atom stereocenters. The SMILES string of the molecule is CC1C=C(c2cc(F)cc3ccoc23)CCN1.Cl. The third kappa shape index (κ3) is 2.28. The van der Waals surface area contributed by atoms with Gasteiger partial charge in [0.25, 0.3) is 0 Å². The van der Waals surface area contributed by atoms with Crippen molar-refractivity contribution >= 4 is 28.9 Å². The molecule has 1 aliphatic heterocycles. The van der Waals surface area contributed by atoms with E-state index >= 15 is 0 Å². The first kappa shape index (κ1) is 13.1. The second kappa shape index (κ2) is 5.12. The van der Waals surface area contributed by atoms with Gasteiger partial charge in [-0.1, -0.05) is 6.08 Å². The predicted molar refractivity (Wildman–Crippen MR) is 73.5 cm³/mol. The molecule has 1 unspecified atom stereocenters. The van der Waals surface area contributed by atoms with Crippen molar-refractivity contribution in [3.05, 3.63) is 41.9 Å². The smallest absolute Gasteiger partial charge is 0.141 e. The molecule has 0 bridgehead atoms. The van der Waals surface area contributed by atoms with Crippen LogP contribution in [-0.2, 0) is 0 Å². The van der Waals surface area contributed by atoms with Crippen molar-refractivity contribution in [1.29, 1.82) is 0 Å². The van der Waals surface area contributed by atoms with Crippen LogP contribution in [0.25, 0.3) is 16.5 Å². The van der Waals surface area contributed by atoms with Gasteiger partial charge < -0.3 is 9.73 Å². The molecule has 0 saturated heterocycles. The lowest BCUT2D eigenvalue weighted by atomic mass is 9.96. The zero-order chi connectivity index (χ0) is 11.8. The lowest BCUT2D eigenvalue weighted by molar-refractivity contribution is 0.602. The number of hydrogen-bond donors (Lipinski definition) is 1.